The number of sulfonamides is 1. The highest BCUT2D eigenvalue weighted by Crippen LogP contribution is 2.47. The lowest BCUT2D eigenvalue weighted by Gasteiger charge is -2.46. The van der Waals surface area contributed by atoms with Crippen molar-refractivity contribution in [1.29, 1.82) is 0 Å². The molecule has 156 valence electrons. The standard InChI is InChI=1S/C21H25ClN2O3S2/c1-14-9-20(15(2)8-19(14)22)29(25,26)24-12-21(13-24)10-17(11-28-21)23-16-4-6-18(27-3)7-5-16/h4-9,17,23H,10-13H2,1-3H3. The Morgan fingerprint density at radius 1 is 1.17 bits per heavy atom. The van der Waals surface area contributed by atoms with Crippen LogP contribution in [0.2, 0.25) is 5.02 Å². The third-order valence-corrected chi connectivity index (χ3v) is 9.62. The Morgan fingerprint density at radius 2 is 1.86 bits per heavy atom. The second-order valence-electron chi connectivity index (χ2n) is 7.91. The first-order valence-electron chi connectivity index (χ1n) is 9.54. The number of nitrogens with zero attached hydrogens (tertiary/aromatic N) is 1. The molecule has 0 saturated carbocycles. The molecule has 8 heteroatoms. The molecular formula is C21H25ClN2O3S2. The van der Waals surface area contributed by atoms with E-state index in [1.807, 2.05) is 43.0 Å². The van der Waals surface area contributed by atoms with Gasteiger partial charge in [0.15, 0.2) is 0 Å². The molecule has 1 N–H and O–H groups in total. The van der Waals surface area contributed by atoms with Gasteiger partial charge >= 0.3 is 0 Å². The highest BCUT2D eigenvalue weighted by molar-refractivity contribution is 8.01. The molecule has 2 aromatic rings. The van der Waals surface area contributed by atoms with Gasteiger partial charge in [-0.1, -0.05) is 11.6 Å². The third-order valence-electron chi connectivity index (χ3n) is 5.67. The predicted octanol–water partition coefficient (Wildman–Crippen LogP) is 4.33. The summed E-state index contributed by atoms with van der Waals surface area (Å²) in [6.07, 6.45) is 0.953. The number of methoxy groups -OCH3 is 1. The van der Waals surface area contributed by atoms with E-state index in [0.29, 0.717) is 34.6 Å². The average Bonchev–Trinajstić information content (AvgIpc) is 3.08. The molecule has 0 bridgehead atoms. The number of rotatable bonds is 5. The summed E-state index contributed by atoms with van der Waals surface area (Å²) in [6, 6.07) is 11.7. The average molecular weight is 453 g/mol. The van der Waals surface area contributed by atoms with Crippen LogP contribution in [-0.2, 0) is 10.0 Å². The fraction of sp³-hybridized carbons (Fsp3) is 0.429. The first kappa shape index (κ1) is 20.8. The van der Waals surface area contributed by atoms with E-state index in [-0.39, 0.29) is 4.75 Å². The van der Waals surface area contributed by atoms with Gasteiger partial charge in [-0.25, -0.2) is 8.42 Å². The Morgan fingerprint density at radius 3 is 2.52 bits per heavy atom. The van der Waals surface area contributed by atoms with Crippen molar-refractivity contribution in [2.75, 3.05) is 31.3 Å². The number of thioether (sulfide) groups is 1. The zero-order valence-electron chi connectivity index (χ0n) is 16.7. The fourth-order valence-corrected chi connectivity index (χ4v) is 7.87. The number of hydrogen-bond acceptors (Lipinski definition) is 5. The molecule has 4 rings (SSSR count). The molecule has 2 heterocycles. The molecule has 2 aliphatic rings. The van der Waals surface area contributed by atoms with E-state index in [1.165, 1.54) is 0 Å². The summed E-state index contributed by atoms with van der Waals surface area (Å²) in [5, 5.41) is 4.16. The smallest absolute Gasteiger partial charge is 0.243 e. The van der Waals surface area contributed by atoms with Gasteiger partial charge in [0.2, 0.25) is 10.0 Å². The number of aryl methyl sites for hydroxylation is 2. The van der Waals surface area contributed by atoms with Crippen LogP contribution >= 0.6 is 23.4 Å². The monoisotopic (exact) mass is 452 g/mol. The van der Waals surface area contributed by atoms with E-state index in [0.717, 1.165) is 29.2 Å². The second-order valence-corrected chi connectivity index (χ2v) is 11.7. The summed E-state index contributed by atoms with van der Waals surface area (Å²) in [5.41, 5.74) is 2.54. The van der Waals surface area contributed by atoms with Crippen molar-refractivity contribution in [2.24, 2.45) is 0 Å². The van der Waals surface area contributed by atoms with Crippen LogP contribution in [0.5, 0.6) is 5.75 Å². The highest BCUT2D eigenvalue weighted by atomic mass is 35.5. The minimum Gasteiger partial charge on any atom is -0.497 e. The van der Waals surface area contributed by atoms with Gasteiger partial charge in [0.25, 0.3) is 0 Å². The van der Waals surface area contributed by atoms with E-state index in [4.69, 9.17) is 16.3 Å². The minimum atomic E-state index is -3.49. The second kappa shape index (κ2) is 7.69. The van der Waals surface area contributed by atoms with E-state index >= 15 is 0 Å². The molecular weight excluding hydrogens is 428 g/mol. The zero-order chi connectivity index (χ0) is 20.8. The summed E-state index contributed by atoms with van der Waals surface area (Å²) < 4.78 is 33.0. The van der Waals surface area contributed by atoms with Crippen molar-refractivity contribution in [3.8, 4) is 5.75 Å². The SMILES string of the molecule is COc1ccc(NC2CSC3(C2)CN(S(=O)(=O)c2cc(C)c(Cl)cc2C)C3)cc1. The molecule has 2 fully saturated rings. The van der Waals surface area contributed by atoms with E-state index in [2.05, 4.69) is 5.32 Å². The van der Waals surface area contributed by atoms with Crippen LogP contribution in [0, 0.1) is 13.8 Å². The normalized spacial score (nSPS) is 21.2. The lowest BCUT2D eigenvalue weighted by molar-refractivity contribution is 0.226. The van der Waals surface area contributed by atoms with Crippen LogP contribution in [0.3, 0.4) is 0 Å². The van der Waals surface area contributed by atoms with Crippen molar-refractivity contribution in [1.82, 2.24) is 4.31 Å². The largest absolute Gasteiger partial charge is 0.497 e. The topological polar surface area (TPSA) is 58.6 Å². The number of ether oxygens (including phenoxy) is 1. The minimum absolute atomic E-state index is 0.00653. The summed E-state index contributed by atoms with van der Waals surface area (Å²) >= 11 is 8.01. The van der Waals surface area contributed by atoms with E-state index in [9.17, 15) is 8.42 Å². The summed E-state index contributed by atoms with van der Waals surface area (Å²) in [6.45, 7) is 4.75. The Bertz CT molecular complexity index is 1020. The maximum Gasteiger partial charge on any atom is 0.243 e. The van der Waals surface area contributed by atoms with Crippen LogP contribution in [0.1, 0.15) is 17.5 Å². The van der Waals surface area contributed by atoms with Crippen molar-refractivity contribution < 1.29 is 13.2 Å². The maximum atomic E-state index is 13.1. The Balaban J connectivity index is 1.41. The van der Waals surface area contributed by atoms with Gasteiger partial charge in [-0.3, -0.25) is 0 Å². The summed E-state index contributed by atoms with van der Waals surface area (Å²) in [5.74, 6) is 1.80. The number of halogens is 1. The molecule has 2 aliphatic heterocycles. The van der Waals surface area contributed by atoms with Crippen LogP contribution < -0.4 is 10.1 Å². The van der Waals surface area contributed by atoms with Crippen molar-refractivity contribution in [3.63, 3.8) is 0 Å². The van der Waals surface area contributed by atoms with Gasteiger partial charge in [0.1, 0.15) is 5.75 Å². The summed E-state index contributed by atoms with van der Waals surface area (Å²) in [4.78, 5) is 0.366. The zero-order valence-corrected chi connectivity index (χ0v) is 19.1. The Labute approximate surface area is 181 Å². The van der Waals surface area contributed by atoms with Crippen molar-refractivity contribution in [3.05, 3.63) is 52.5 Å². The lowest BCUT2D eigenvalue weighted by Crippen LogP contribution is -2.60. The first-order valence-corrected chi connectivity index (χ1v) is 12.3. The quantitative estimate of drug-likeness (QED) is 0.731. The molecule has 2 saturated heterocycles. The van der Waals surface area contributed by atoms with Crippen molar-refractivity contribution in [2.45, 2.75) is 36.0 Å². The molecule has 0 radical (unpaired) electrons. The molecule has 1 spiro atoms. The lowest BCUT2D eigenvalue weighted by atomic mass is 9.94. The van der Waals surface area contributed by atoms with Crippen molar-refractivity contribution >= 4 is 39.1 Å². The number of nitrogens with one attached hydrogen (secondary N) is 1. The molecule has 1 unspecified atom stereocenters. The van der Waals surface area contributed by atoms with Gasteiger partial charge in [0.05, 0.1) is 12.0 Å². The molecule has 2 aromatic carbocycles. The third kappa shape index (κ3) is 3.98. The van der Waals surface area contributed by atoms with Crippen LogP contribution in [-0.4, -0.2) is 49.5 Å². The molecule has 0 aromatic heterocycles. The van der Waals surface area contributed by atoms with Crippen LogP contribution in [0.15, 0.2) is 41.3 Å². The first-order chi connectivity index (χ1) is 13.7. The molecule has 29 heavy (non-hydrogen) atoms. The molecule has 5 nitrogen and oxygen atoms in total. The molecule has 0 aliphatic carbocycles. The van der Waals surface area contributed by atoms with Gasteiger partial charge in [0, 0.05) is 40.3 Å². The molecule has 0 amide bonds. The Hall–Kier alpha value is -1.41. The molecule has 1 atom stereocenters. The van der Waals surface area contributed by atoms with E-state index in [1.54, 1.807) is 30.5 Å². The fourth-order valence-electron chi connectivity index (χ4n) is 4.02. The highest BCUT2D eigenvalue weighted by Gasteiger charge is 2.53. The van der Waals surface area contributed by atoms with Crippen LogP contribution in [0.4, 0.5) is 5.69 Å². The number of benzene rings is 2. The van der Waals surface area contributed by atoms with E-state index < -0.39 is 10.0 Å². The van der Waals surface area contributed by atoms with Gasteiger partial charge in [-0.2, -0.15) is 16.1 Å². The predicted molar refractivity (Wildman–Crippen MR) is 120 cm³/mol. The van der Waals surface area contributed by atoms with Gasteiger partial charge in [-0.15, -0.1) is 0 Å². The van der Waals surface area contributed by atoms with Crippen LogP contribution in [0.25, 0.3) is 0 Å². The van der Waals surface area contributed by atoms with Gasteiger partial charge in [-0.05, 0) is 67.8 Å². The maximum absolute atomic E-state index is 13.1. The number of hydrogen-bond donors (Lipinski definition) is 1. The Kier molecular flexibility index (Phi) is 5.53. The van der Waals surface area contributed by atoms with Gasteiger partial charge < -0.3 is 10.1 Å². The number of anilines is 1. The summed E-state index contributed by atoms with van der Waals surface area (Å²) in [7, 11) is -1.84.